The van der Waals surface area contributed by atoms with Gasteiger partial charge in [-0.1, -0.05) is 35.9 Å². The van der Waals surface area contributed by atoms with E-state index in [0.717, 1.165) is 25.8 Å². The van der Waals surface area contributed by atoms with Crippen molar-refractivity contribution in [1.29, 1.82) is 0 Å². The number of fused-ring (bicyclic) bond motifs is 3. The van der Waals surface area contributed by atoms with Gasteiger partial charge in [-0.05, 0) is 48.6 Å². The summed E-state index contributed by atoms with van der Waals surface area (Å²) in [5.41, 5.74) is 9.69. The third kappa shape index (κ3) is 2.40. The summed E-state index contributed by atoms with van der Waals surface area (Å²) in [5.74, 6) is 0.530. The summed E-state index contributed by atoms with van der Waals surface area (Å²) >= 11 is 6.09. The van der Waals surface area contributed by atoms with E-state index in [2.05, 4.69) is 24.3 Å². The number of carbonyl (C=O) groups is 1. The molecule has 0 radical (unpaired) electrons. The lowest BCUT2D eigenvalue weighted by molar-refractivity contribution is 0.0595. The molecule has 0 bridgehead atoms. The number of likely N-dealkylation sites (tertiary alicyclic amines) is 1. The number of nitrogens with two attached hydrogens (primary N) is 1. The molecular formula is C19H19ClN2O. The van der Waals surface area contributed by atoms with E-state index in [4.69, 9.17) is 17.3 Å². The number of piperidine rings is 1. The van der Waals surface area contributed by atoms with Gasteiger partial charge in [0.05, 0.1) is 10.7 Å². The highest BCUT2D eigenvalue weighted by Gasteiger charge is 2.40. The van der Waals surface area contributed by atoms with Gasteiger partial charge in [0.15, 0.2) is 0 Å². The molecule has 1 aliphatic carbocycles. The molecule has 1 amide bonds. The van der Waals surface area contributed by atoms with Crippen LogP contribution in [0, 0.1) is 0 Å². The number of amides is 1. The Morgan fingerprint density at radius 2 is 2.04 bits per heavy atom. The number of benzene rings is 2. The Kier molecular flexibility index (Phi) is 3.53. The first-order valence-electron chi connectivity index (χ1n) is 8.09. The van der Waals surface area contributed by atoms with Crippen LogP contribution in [-0.2, 0) is 6.42 Å². The molecule has 0 spiro atoms. The monoisotopic (exact) mass is 326 g/mol. The minimum atomic E-state index is 0.0643. The fourth-order valence-corrected chi connectivity index (χ4v) is 4.24. The molecular weight excluding hydrogens is 308 g/mol. The molecule has 2 N–H and O–H groups in total. The van der Waals surface area contributed by atoms with Crippen LogP contribution in [0.5, 0.6) is 0 Å². The Morgan fingerprint density at radius 3 is 2.87 bits per heavy atom. The topological polar surface area (TPSA) is 46.3 Å². The fourth-order valence-electron chi connectivity index (χ4n) is 4.06. The number of nitrogens with zero attached hydrogens (tertiary/aromatic N) is 1. The Balaban J connectivity index is 1.65. The van der Waals surface area contributed by atoms with Gasteiger partial charge in [0.2, 0.25) is 0 Å². The second kappa shape index (κ2) is 5.57. The molecule has 2 aromatic carbocycles. The first-order chi connectivity index (χ1) is 11.1. The van der Waals surface area contributed by atoms with Gasteiger partial charge >= 0.3 is 0 Å². The fraction of sp³-hybridized carbons (Fsp3) is 0.316. The third-order valence-electron chi connectivity index (χ3n) is 5.17. The van der Waals surface area contributed by atoms with Crippen LogP contribution in [0.3, 0.4) is 0 Å². The lowest BCUT2D eigenvalue weighted by Crippen LogP contribution is -2.46. The number of hydrogen-bond donors (Lipinski definition) is 1. The van der Waals surface area contributed by atoms with Gasteiger partial charge in [-0.25, -0.2) is 0 Å². The van der Waals surface area contributed by atoms with E-state index in [9.17, 15) is 4.79 Å². The van der Waals surface area contributed by atoms with Gasteiger partial charge in [0.1, 0.15) is 0 Å². The summed E-state index contributed by atoms with van der Waals surface area (Å²) in [7, 11) is 0. The molecule has 0 saturated carbocycles. The van der Waals surface area contributed by atoms with Gasteiger partial charge in [0, 0.05) is 24.1 Å². The average Bonchev–Trinajstić information content (AvgIpc) is 2.95. The molecule has 4 rings (SSSR count). The van der Waals surface area contributed by atoms with Crippen LogP contribution in [0.25, 0.3) is 0 Å². The zero-order chi connectivity index (χ0) is 16.0. The molecule has 1 saturated heterocycles. The Labute approximate surface area is 141 Å². The normalized spacial score (nSPS) is 22.6. The van der Waals surface area contributed by atoms with Crippen LogP contribution >= 0.6 is 11.6 Å². The van der Waals surface area contributed by atoms with Crippen molar-refractivity contribution >= 4 is 23.2 Å². The summed E-state index contributed by atoms with van der Waals surface area (Å²) in [6, 6.07) is 14.0. The van der Waals surface area contributed by atoms with E-state index in [1.54, 1.807) is 18.2 Å². The molecule has 1 aliphatic heterocycles. The second-order valence-corrected chi connectivity index (χ2v) is 6.86. The summed E-state index contributed by atoms with van der Waals surface area (Å²) in [6.07, 6.45) is 3.16. The van der Waals surface area contributed by atoms with Crippen molar-refractivity contribution in [3.05, 3.63) is 64.2 Å². The largest absolute Gasteiger partial charge is 0.398 e. The predicted octanol–water partition coefficient (Wildman–Crippen LogP) is 3.87. The van der Waals surface area contributed by atoms with Gasteiger partial charge in [0.25, 0.3) is 5.91 Å². The number of rotatable bonds is 1. The van der Waals surface area contributed by atoms with E-state index < -0.39 is 0 Å². The quantitative estimate of drug-likeness (QED) is 0.809. The minimum Gasteiger partial charge on any atom is -0.398 e. The molecule has 2 aliphatic rings. The molecule has 118 valence electrons. The predicted molar refractivity (Wildman–Crippen MR) is 92.8 cm³/mol. The summed E-state index contributed by atoms with van der Waals surface area (Å²) in [4.78, 5) is 15.0. The lowest BCUT2D eigenvalue weighted by Gasteiger charge is -2.38. The Morgan fingerprint density at radius 1 is 1.22 bits per heavy atom. The SMILES string of the molecule is Nc1ccc(C(=O)N2CCC[C@H]3c4ccccc4C[C@H]32)cc1Cl. The van der Waals surface area contributed by atoms with Gasteiger partial charge in [-0.3, -0.25) is 4.79 Å². The highest BCUT2D eigenvalue weighted by Crippen LogP contribution is 2.42. The third-order valence-corrected chi connectivity index (χ3v) is 5.50. The summed E-state index contributed by atoms with van der Waals surface area (Å²) < 4.78 is 0. The van der Waals surface area contributed by atoms with Gasteiger partial charge in [-0.15, -0.1) is 0 Å². The van der Waals surface area contributed by atoms with Crippen LogP contribution in [0.2, 0.25) is 5.02 Å². The summed E-state index contributed by atoms with van der Waals surface area (Å²) in [5, 5.41) is 0.444. The zero-order valence-corrected chi connectivity index (χ0v) is 13.6. The number of carbonyl (C=O) groups excluding carboxylic acids is 1. The van der Waals surface area contributed by atoms with Crippen molar-refractivity contribution < 1.29 is 4.79 Å². The van der Waals surface area contributed by atoms with Crippen molar-refractivity contribution in [2.24, 2.45) is 0 Å². The molecule has 1 heterocycles. The average molecular weight is 327 g/mol. The zero-order valence-electron chi connectivity index (χ0n) is 12.8. The van der Waals surface area contributed by atoms with Crippen molar-refractivity contribution in [3.63, 3.8) is 0 Å². The van der Waals surface area contributed by atoms with Gasteiger partial charge in [-0.2, -0.15) is 0 Å². The highest BCUT2D eigenvalue weighted by molar-refractivity contribution is 6.33. The molecule has 3 nitrogen and oxygen atoms in total. The maximum Gasteiger partial charge on any atom is 0.254 e. The van der Waals surface area contributed by atoms with Crippen LogP contribution in [0.1, 0.15) is 40.2 Å². The highest BCUT2D eigenvalue weighted by atomic mass is 35.5. The van der Waals surface area contributed by atoms with Crippen molar-refractivity contribution in [2.75, 3.05) is 12.3 Å². The van der Waals surface area contributed by atoms with Crippen molar-refractivity contribution in [3.8, 4) is 0 Å². The Bertz CT molecular complexity index is 774. The van der Waals surface area contributed by atoms with Crippen LogP contribution in [-0.4, -0.2) is 23.4 Å². The lowest BCUT2D eigenvalue weighted by atomic mass is 9.88. The van der Waals surface area contributed by atoms with Crippen LogP contribution in [0.15, 0.2) is 42.5 Å². The maximum absolute atomic E-state index is 13.0. The summed E-state index contributed by atoms with van der Waals surface area (Å²) in [6.45, 7) is 0.815. The van der Waals surface area contributed by atoms with E-state index in [1.165, 1.54) is 11.1 Å². The number of nitrogen functional groups attached to an aromatic ring is 1. The molecule has 0 aromatic heterocycles. The number of halogens is 1. The van der Waals surface area contributed by atoms with Crippen LogP contribution < -0.4 is 5.73 Å². The van der Waals surface area contributed by atoms with E-state index >= 15 is 0 Å². The Hall–Kier alpha value is -2.00. The van der Waals surface area contributed by atoms with E-state index in [-0.39, 0.29) is 11.9 Å². The standard InChI is InChI=1S/C19H19ClN2O/c20-16-10-13(7-8-17(16)21)19(23)22-9-3-6-15-14-5-2-1-4-12(14)11-18(15)22/h1-2,4-5,7-8,10,15,18H,3,6,9,11,21H2/t15-,18+/m0/s1. The molecule has 23 heavy (non-hydrogen) atoms. The first-order valence-corrected chi connectivity index (χ1v) is 8.47. The first kappa shape index (κ1) is 14.6. The molecule has 2 aromatic rings. The molecule has 2 atom stereocenters. The molecule has 4 heteroatoms. The van der Waals surface area contributed by atoms with Gasteiger partial charge < -0.3 is 10.6 Å². The molecule has 0 unspecified atom stereocenters. The van der Waals surface area contributed by atoms with Crippen molar-refractivity contribution in [1.82, 2.24) is 4.90 Å². The number of anilines is 1. The molecule has 1 fully saturated rings. The maximum atomic E-state index is 13.0. The number of hydrogen-bond acceptors (Lipinski definition) is 2. The second-order valence-electron chi connectivity index (χ2n) is 6.45. The smallest absolute Gasteiger partial charge is 0.254 e. The van der Waals surface area contributed by atoms with Crippen LogP contribution in [0.4, 0.5) is 5.69 Å². The minimum absolute atomic E-state index is 0.0643. The van der Waals surface area contributed by atoms with E-state index in [0.29, 0.717) is 22.2 Å². The van der Waals surface area contributed by atoms with E-state index in [1.807, 2.05) is 4.90 Å². The van der Waals surface area contributed by atoms with Crippen molar-refractivity contribution in [2.45, 2.75) is 31.2 Å².